The molecule has 1 aliphatic heterocycles. The van der Waals surface area contributed by atoms with Crippen molar-refractivity contribution in [3.63, 3.8) is 0 Å². The molecule has 1 saturated heterocycles. The number of halogens is 3. The number of benzene rings is 2. The van der Waals surface area contributed by atoms with Gasteiger partial charge < -0.3 is 9.47 Å². The summed E-state index contributed by atoms with van der Waals surface area (Å²) in [6, 6.07) is 14.2. The molecule has 1 atom stereocenters. The van der Waals surface area contributed by atoms with Crippen LogP contribution in [-0.4, -0.2) is 44.9 Å². The summed E-state index contributed by atoms with van der Waals surface area (Å²) in [6.45, 7) is 1.75. The number of hydrogen-bond donors (Lipinski definition) is 0. The van der Waals surface area contributed by atoms with Crippen LogP contribution in [0.25, 0.3) is 0 Å². The Balaban J connectivity index is 1.38. The van der Waals surface area contributed by atoms with E-state index in [2.05, 4.69) is 11.1 Å². The minimum absolute atomic E-state index is 0.0851. The third-order valence-corrected chi connectivity index (χ3v) is 6.07. The van der Waals surface area contributed by atoms with Gasteiger partial charge in [0, 0.05) is 32.4 Å². The van der Waals surface area contributed by atoms with E-state index in [1.54, 1.807) is 35.6 Å². The number of hydrogen-bond acceptors (Lipinski definition) is 4. The monoisotopic (exact) mass is 467 g/mol. The molecule has 0 aliphatic carbocycles. The number of likely N-dealkylation sites (N-methyl/N-ethyl adjacent to an activating group) is 1. The Morgan fingerprint density at radius 2 is 1.91 bits per heavy atom. The smallest absolute Gasteiger partial charge is 0.337 e. The van der Waals surface area contributed by atoms with E-state index in [1.165, 1.54) is 6.07 Å². The average molecular weight is 467 g/mol. The van der Waals surface area contributed by atoms with E-state index in [1.807, 2.05) is 28.6 Å². The summed E-state index contributed by atoms with van der Waals surface area (Å²) < 4.78 is 41.0. The first-order valence-electron chi connectivity index (χ1n) is 10.9. The molecule has 0 unspecified atom stereocenters. The normalized spacial score (nSPS) is 16.3. The van der Waals surface area contributed by atoms with E-state index < -0.39 is 11.7 Å². The van der Waals surface area contributed by atoms with Crippen LogP contribution in [0.4, 0.5) is 13.2 Å². The molecule has 0 saturated carbocycles. The SMILES string of the molecule is CN(Cc1cncn1Cc1ccc(C#N)cc1)[C@H]1CCN(Cc2cccc(C(F)(F)F)c2)C1=O. The van der Waals surface area contributed by atoms with E-state index in [0.29, 0.717) is 37.2 Å². The minimum atomic E-state index is -4.41. The molecule has 3 aromatic rings. The maximum Gasteiger partial charge on any atom is 0.416 e. The highest BCUT2D eigenvalue weighted by Gasteiger charge is 2.35. The number of amides is 1. The molecule has 34 heavy (non-hydrogen) atoms. The van der Waals surface area contributed by atoms with Gasteiger partial charge in [-0.1, -0.05) is 24.3 Å². The Morgan fingerprint density at radius 1 is 1.15 bits per heavy atom. The second kappa shape index (κ2) is 9.69. The lowest BCUT2D eigenvalue weighted by atomic mass is 10.1. The molecular formula is C25H24F3N5O. The number of carbonyl (C=O) groups excluding carboxylic acids is 1. The number of likely N-dealkylation sites (tertiary alicyclic amines) is 1. The van der Waals surface area contributed by atoms with E-state index in [4.69, 9.17) is 5.26 Å². The van der Waals surface area contributed by atoms with Crippen molar-refractivity contribution in [2.45, 2.75) is 38.3 Å². The lowest BCUT2D eigenvalue weighted by Gasteiger charge is -2.24. The van der Waals surface area contributed by atoms with Crippen molar-refractivity contribution in [2.24, 2.45) is 0 Å². The van der Waals surface area contributed by atoms with Crippen LogP contribution in [0.5, 0.6) is 0 Å². The Morgan fingerprint density at radius 3 is 2.62 bits per heavy atom. The molecule has 6 nitrogen and oxygen atoms in total. The molecule has 9 heteroatoms. The number of imidazole rings is 1. The number of rotatable bonds is 7. The van der Waals surface area contributed by atoms with Crippen LogP contribution in [-0.2, 0) is 30.6 Å². The van der Waals surface area contributed by atoms with Crippen LogP contribution in [0.2, 0.25) is 0 Å². The topological polar surface area (TPSA) is 65.2 Å². The van der Waals surface area contributed by atoms with Gasteiger partial charge in [0.25, 0.3) is 0 Å². The fraction of sp³-hybridized carbons (Fsp3) is 0.320. The van der Waals surface area contributed by atoms with Gasteiger partial charge in [-0.25, -0.2) is 4.98 Å². The molecule has 0 radical (unpaired) electrons. The standard InChI is InChI=1S/C25H24F3N5O/c1-31(16-22-13-30-17-33(22)14-19-7-5-18(12-29)6-8-19)23-9-10-32(24(23)34)15-20-3-2-4-21(11-20)25(26,27)28/h2-8,11,13,17,23H,9-10,14-16H2,1H3/t23-/m0/s1. The second-order valence-electron chi connectivity index (χ2n) is 8.50. The minimum Gasteiger partial charge on any atom is -0.337 e. The highest BCUT2D eigenvalue weighted by Crippen LogP contribution is 2.30. The van der Waals surface area contributed by atoms with E-state index >= 15 is 0 Å². The lowest BCUT2D eigenvalue weighted by Crippen LogP contribution is -2.39. The summed E-state index contributed by atoms with van der Waals surface area (Å²) in [5.74, 6) is -0.0851. The Bertz CT molecular complexity index is 1200. The van der Waals surface area contributed by atoms with Crippen LogP contribution in [0.3, 0.4) is 0 Å². The highest BCUT2D eigenvalue weighted by atomic mass is 19.4. The summed E-state index contributed by atoms with van der Waals surface area (Å²) in [4.78, 5) is 20.8. The largest absolute Gasteiger partial charge is 0.416 e. The number of nitrogens with zero attached hydrogens (tertiary/aromatic N) is 5. The quantitative estimate of drug-likeness (QED) is 0.526. The summed E-state index contributed by atoms with van der Waals surface area (Å²) in [7, 11) is 1.87. The number of carbonyl (C=O) groups is 1. The fourth-order valence-electron chi connectivity index (χ4n) is 4.22. The van der Waals surface area contributed by atoms with Crippen molar-refractivity contribution in [3.05, 3.63) is 89.0 Å². The van der Waals surface area contributed by atoms with Crippen LogP contribution in [0, 0.1) is 11.3 Å². The molecule has 1 fully saturated rings. The summed E-state index contributed by atoms with van der Waals surface area (Å²) in [5, 5.41) is 8.95. The first-order valence-corrected chi connectivity index (χ1v) is 10.9. The second-order valence-corrected chi connectivity index (χ2v) is 8.50. The van der Waals surface area contributed by atoms with Gasteiger partial charge in [0.15, 0.2) is 0 Å². The molecule has 1 aromatic heterocycles. The van der Waals surface area contributed by atoms with Crippen molar-refractivity contribution >= 4 is 5.91 Å². The predicted octanol–water partition coefficient (Wildman–Crippen LogP) is 4.05. The van der Waals surface area contributed by atoms with E-state index in [9.17, 15) is 18.0 Å². The predicted molar refractivity (Wildman–Crippen MR) is 119 cm³/mol. The zero-order chi connectivity index (χ0) is 24.3. The third kappa shape index (κ3) is 5.29. The Labute approximate surface area is 195 Å². The third-order valence-electron chi connectivity index (χ3n) is 6.07. The maximum atomic E-state index is 13.0. The Hall–Kier alpha value is -3.64. The fourth-order valence-corrected chi connectivity index (χ4v) is 4.22. The maximum absolute atomic E-state index is 13.0. The van der Waals surface area contributed by atoms with Gasteiger partial charge in [0.05, 0.1) is 35.3 Å². The van der Waals surface area contributed by atoms with E-state index in [-0.39, 0.29) is 18.5 Å². The summed E-state index contributed by atoms with van der Waals surface area (Å²) >= 11 is 0. The van der Waals surface area contributed by atoms with Crippen molar-refractivity contribution in [3.8, 4) is 6.07 Å². The van der Waals surface area contributed by atoms with Crippen molar-refractivity contribution < 1.29 is 18.0 Å². The molecule has 0 spiro atoms. The summed E-state index contributed by atoms with van der Waals surface area (Å²) in [5.41, 5.74) is 2.33. The van der Waals surface area contributed by atoms with Gasteiger partial charge in [-0.3, -0.25) is 9.69 Å². The average Bonchev–Trinajstić information content (AvgIpc) is 3.40. The summed E-state index contributed by atoms with van der Waals surface area (Å²) in [6.07, 6.45) is -0.301. The van der Waals surface area contributed by atoms with Crippen molar-refractivity contribution in [2.75, 3.05) is 13.6 Å². The van der Waals surface area contributed by atoms with Gasteiger partial charge in [-0.2, -0.15) is 18.4 Å². The molecule has 1 amide bonds. The Kier molecular flexibility index (Phi) is 6.70. The first kappa shape index (κ1) is 23.5. The lowest BCUT2D eigenvalue weighted by molar-refractivity contribution is -0.137. The van der Waals surface area contributed by atoms with Crippen LogP contribution in [0.15, 0.2) is 61.1 Å². The van der Waals surface area contributed by atoms with Gasteiger partial charge in [0.2, 0.25) is 5.91 Å². The molecule has 4 rings (SSSR count). The first-order chi connectivity index (χ1) is 16.2. The molecule has 1 aliphatic rings. The van der Waals surface area contributed by atoms with Gasteiger partial charge in [-0.05, 0) is 48.9 Å². The van der Waals surface area contributed by atoms with E-state index in [0.717, 1.165) is 23.4 Å². The highest BCUT2D eigenvalue weighted by molar-refractivity contribution is 5.84. The number of nitriles is 1. The number of alkyl halides is 3. The van der Waals surface area contributed by atoms with Gasteiger partial charge in [-0.15, -0.1) is 0 Å². The van der Waals surface area contributed by atoms with Crippen LogP contribution in [0.1, 0.15) is 34.4 Å². The zero-order valence-electron chi connectivity index (χ0n) is 18.7. The van der Waals surface area contributed by atoms with Gasteiger partial charge >= 0.3 is 6.18 Å². The molecule has 0 bridgehead atoms. The number of aromatic nitrogens is 2. The molecule has 2 heterocycles. The van der Waals surface area contributed by atoms with Crippen molar-refractivity contribution in [1.29, 1.82) is 5.26 Å². The molecule has 2 aromatic carbocycles. The molecule has 0 N–H and O–H groups in total. The van der Waals surface area contributed by atoms with Gasteiger partial charge in [0.1, 0.15) is 0 Å². The molecular weight excluding hydrogens is 443 g/mol. The van der Waals surface area contributed by atoms with Crippen molar-refractivity contribution in [1.82, 2.24) is 19.4 Å². The van der Waals surface area contributed by atoms with Crippen LogP contribution < -0.4 is 0 Å². The van der Waals surface area contributed by atoms with Crippen LogP contribution >= 0.6 is 0 Å². The molecule has 176 valence electrons. The zero-order valence-corrected chi connectivity index (χ0v) is 18.7.